The predicted molar refractivity (Wildman–Crippen MR) is 67.2 cm³/mol. The topological polar surface area (TPSA) is 70.6 Å². The Kier molecular flexibility index (Phi) is 3.84. The predicted octanol–water partition coefficient (Wildman–Crippen LogP) is 1.32. The number of carboxylic acid groups (broad SMARTS) is 1. The summed E-state index contributed by atoms with van der Waals surface area (Å²) < 4.78 is 5.33. The Morgan fingerprint density at radius 2 is 2.11 bits per heavy atom. The molecule has 1 aliphatic heterocycles. The van der Waals surface area contributed by atoms with Gasteiger partial charge in [-0.3, -0.25) is 10.2 Å². The van der Waals surface area contributed by atoms with Gasteiger partial charge < -0.3 is 9.84 Å². The van der Waals surface area contributed by atoms with E-state index in [9.17, 15) is 4.79 Å². The number of ether oxygens (including phenoxy) is 1. The van der Waals surface area contributed by atoms with Gasteiger partial charge in [0.2, 0.25) is 0 Å². The van der Waals surface area contributed by atoms with Crippen molar-refractivity contribution in [2.45, 2.75) is 25.4 Å². The fourth-order valence-corrected chi connectivity index (χ4v) is 2.45. The average molecular weight is 250 g/mol. The second-order valence-corrected chi connectivity index (χ2v) is 4.56. The van der Waals surface area contributed by atoms with E-state index in [-0.39, 0.29) is 24.4 Å². The summed E-state index contributed by atoms with van der Waals surface area (Å²) in [6.07, 6.45) is 0.129. The minimum atomic E-state index is -0.780. The Bertz CT molecular complexity index is 436. The third-order valence-electron chi connectivity index (χ3n) is 3.42. The van der Waals surface area contributed by atoms with Gasteiger partial charge in [0.15, 0.2) is 0 Å². The maximum Gasteiger partial charge on any atom is 0.303 e. The van der Waals surface area contributed by atoms with E-state index >= 15 is 0 Å². The molecule has 1 aromatic carbocycles. The molecule has 0 aromatic heterocycles. The molecule has 98 valence electrons. The lowest BCUT2D eigenvalue weighted by atomic mass is 9.87. The number of rotatable bonds is 4. The van der Waals surface area contributed by atoms with Crippen LogP contribution in [0.1, 0.15) is 24.9 Å². The summed E-state index contributed by atoms with van der Waals surface area (Å²) in [6, 6.07) is 7.74. The SMILES string of the molecule is COc1ccccc1C1NNC(C)C1CC(=O)O. The molecule has 1 saturated heterocycles. The van der Waals surface area contributed by atoms with Gasteiger partial charge in [0.1, 0.15) is 5.75 Å². The number of hydrogen-bond donors (Lipinski definition) is 3. The number of benzene rings is 1. The minimum Gasteiger partial charge on any atom is -0.496 e. The van der Waals surface area contributed by atoms with E-state index in [0.717, 1.165) is 11.3 Å². The molecular formula is C13H18N2O3. The quantitative estimate of drug-likeness (QED) is 0.752. The van der Waals surface area contributed by atoms with Crippen LogP contribution in [0.3, 0.4) is 0 Å². The zero-order chi connectivity index (χ0) is 13.1. The summed E-state index contributed by atoms with van der Waals surface area (Å²) in [5, 5.41) is 9.00. The molecule has 3 N–H and O–H groups in total. The van der Waals surface area contributed by atoms with E-state index in [1.807, 2.05) is 31.2 Å². The highest BCUT2D eigenvalue weighted by molar-refractivity contribution is 5.67. The van der Waals surface area contributed by atoms with Gasteiger partial charge in [0.05, 0.1) is 19.6 Å². The van der Waals surface area contributed by atoms with Crippen molar-refractivity contribution in [2.75, 3.05) is 7.11 Å². The van der Waals surface area contributed by atoms with Gasteiger partial charge in [0.25, 0.3) is 0 Å². The van der Waals surface area contributed by atoms with Crippen molar-refractivity contribution >= 4 is 5.97 Å². The maximum absolute atomic E-state index is 10.9. The molecule has 0 bridgehead atoms. The van der Waals surface area contributed by atoms with Gasteiger partial charge in [-0.25, -0.2) is 5.43 Å². The summed E-state index contributed by atoms with van der Waals surface area (Å²) in [5.41, 5.74) is 7.25. The summed E-state index contributed by atoms with van der Waals surface area (Å²) in [6.45, 7) is 1.98. The van der Waals surface area contributed by atoms with Crippen LogP contribution in [0.15, 0.2) is 24.3 Å². The first-order valence-corrected chi connectivity index (χ1v) is 5.99. The highest BCUT2D eigenvalue weighted by Gasteiger charge is 2.36. The fourth-order valence-electron chi connectivity index (χ4n) is 2.45. The molecule has 0 saturated carbocycles. The van der Waals surface area contributed by atoms with Gasteiger partial charge in [-0.1, -0.05) is 18.2 Å². The molecule has 18 heavy (non-hydrogen) atoms. The van der Waals surface area contributed by atoms with Crippen LogP contribution < -0.4 is 15.6 Å². The van der Waals surface area contributed by atoms with E-state index < -0.39 is 5.97 Å². The zero-order valence-electron chi connectivity index (χ0n) is 10.5. The Labute approximate surface area is 106 Å². The second kappa shape index (κ2) is 5.37. The molecule has 1 fully saturated rings. The number of para-hydroxylation sites is 1. The average Bonchev–Trinajstić information content (AvgIpc) is 2.70. The third kappa shape index (κ3) is 2.47. The summed E-state index contributed by atoms with van der Waals surface area (Å²) >= 11 is 0. The zero-order valence-corrected chi connectivity index (χ0v) is 10.5. The van der Waals surface area contributed by atoms with E-state index in [4.69, 9.17) is 9.84 Å². The molecule has 2 rings (SSSR count). The van der Waals surface area contributed by atoms with E-state index in [0.29, 0.717) is 0 Å². The molecule has 0 amide bonds. The maximum atomic E-state index is 10.9. The summed E-state index contributed by atoms with van der Waals surface area (Å²) in [7, 11) is 1.62. The van der Waals surface area contributed by atoms with Crippen LogP contribution in [0.5, 0.6) is 5.75 Å². The first kappa shape index (κ1) is 12.9. The molecule has 5 nitrogen and oxygen atoms in total. The first-order chi connectivity index (χ1) is 8.63. The molecule has 0 spiro atoms. The van der Waals surface area contributed by atoms with Crippen molar-refractivity contribution in [3.05, 3.63) is 29.8 Å². The number of carboxylic acids is 1. The Morgan fingerprint density at radius 1 is 1.39 bits per heavy atom. The lowest BCUT2D eigenvalue weighted by Gasteiger charge is -2.21. The molecule has 1 aromatic rings. The highest BCUT2D eigenvalue weighted by atomic mass is 16.5. The van der Waals surface area contributed by atoms with Crippen LogP contribution >= 0.6 is 0 Å². The first-order valence-electron chi connectivity index (χ1n) is 5.99. The highest BCUT2D eigenvalue weighted by Crippen LogP contribution is 2.35. The van der Waals surface area contributed by atoms with Gasteiger partial charge in [-0.2, -0.15) is 0 Å². The molecule has 1 aliphatic rings. The Morgan fingerprint density at radius 3 is 2.78 bits per heavy atom. The summed E-state index contributed by atoms with van der Waals surface area (Å²) in [5.74, 6) is -0.00247. The number of hydrogen-bond acceptors (Lipinski definition) is 4. The van der Waals surface area contributed by atoms with Crippen molar-refractivity contribution in [3.63, 3.8) is 0 Å². The number of methoxy groups -OCH3 is 1. The van der Waals surface area contributed by atoms with Crippen molar-refractivity contribution in [3.8, 4) is 5.75 Å². The molecule has 3 unspecified atom stereocenters. The van der Waals surface area contributed by atoms with Crippen LogP contribution in [0.2, 0.25) is 0 Å². The number of hydrazine groups is 1. The van der Waals surface area contributed by atoms with Gasteiger partial charge >= 0.3 is 5.97 Å². The van der Waals surface area contributed by atoms with Gasteiger partial charge in [-0.05, 0) is 13.0 Å². The minimum absolute atomic E-state index is 0.00111. The lowest BCUT2D eigenvalue weighted by molar-refractivity contribution is -0.138. The number of carbonyl (C=O) groups is 1. The standard InChI is InChI=1S/C13H18N2O3/c1-8-10(7-12(16)17)13(15-14-8)9-5-3-4-6-11(9)18-2/h3-6,8,10,13-15H,7H2,1-2H3,(H,16,17). The van der Waals surface area contributed by atoms with Crippen LogP contribution in [0.25, 0.3) is 0 Å². The Balaban J connectivity index is 2.28. The van der Waals surface area contributed by atoms with Crippen molar-refractivity contribution in [1.29, 1.82) is 0 Å². The summed E-state index contributed by atoms with van der Waals surface area (Å²) in [4.78, 5) is 10.9. The molecule has 0 radical (unpaired) electrons. The van der Waals surface area contributed by atoms with Crippen molar-refractivity contribution < 1.29 is 14.6 Å². The molecular weight excluding hydrogens is 232 g/mol. The number of nitrogens with one attached hydrogen (secondary N) is 2. The van der Waals surface area contributed by atoms with Crippen LogP contribution in [0.4, 0.5) is 0 Å². The third-order valence-corrected chi connectivity index (χ3v) is 3.42. The van der Waals surface area contributed by atoms with Crippen LogP contribution in [0, 0.1) is 5.92 Å². The second-order valence-electron chi connectivity index (χ2n) is 4.56. The molecule has 0 aliphatic carbocycles. The Hall–Kier alpha value is -1.59. The largest absolute Gasteiger partial charge is 0.496 e. The van der Waals surface area contributed by atoms with E-state index in [1.54, 1.807) is 7.11 Å². The monoisotopic (exact) mass is 250 g/mol. The lowest BCUT2D eigenvalue weighted by Crippen LogP contribution is -2.29. The molecule has 1 heterocycles. The van der Waals surface area contributed by atoms with Gasteiger partial charge in [-0.15, -0.1) is 0 Å². The molecule has 3 atom stereocenters. The normalized spacial score (nSPS) is 27.1. The van der Waals surface area contributed by atoms with Crippen LogP contribution in [-0.4, -0.2) is 24.2 Å². The molecule has 5 heteroatoms. The number of aliphatic carboxylic acids is 1. The van der Waals surface area contributed by atoms with E-state index in [1.165, 1.54) is 0 Å². The smallest absolute Gasteiger partial charge is 0.303 e. The van der Waals surface area contributed by atoms with Crippen molar-refractivity contribution in [2.24, 2.45) is 5.92 Å². The van der Waals surface area contributed by atoms with E-state index in [2.05, 4.69) is 10.9 Å². The van der Waals surface area contributed by atoms with Crippen molar-refractivity contribution in [1.82, 2.24) is 10.9 Å². The fraction of sp³-hybridized carbons (Fsp3) is 0.462. The van der Waals surface area contributed by atoms with Gasteiger partial charge in [0, 0.05) is 17.5 Å². The van der Waals surface area contributed by atoms with Crippen LogP contribution in [-0.2, 0) is 4.79 Å².